The van der Waals surface area contributed by atoms with Gasteiger partial charge >= 0.3 is 0 Å². The Bertz CT molecular complexity index is 689. The highest BCUT2D eigenvalue weighted by molar-refractivity contribution is 7.89. The van der Waals surface area contributed by atoms with Crippen LogP contribution >= 0.6 is 0 Å². The Morgan fingerprint density at radius 2 is 1.76 bits per heavy atom. The maximum Gasteiger partial charge on any atom is 0.246 e. The summed E-state index contributed by atoms with van der Waals surface area (Å²) in [6.45, 7) is 1.81. The van der Waals surface area contributed by atoms with E-state index in [9.17, 15) is 8.42 Å². The predicted molar refractivity (Wildman–Crippen MR) is 80.4 cm³/mol. The smallest absolute Gasteiger partial charge is 0.246 e. The predicted octanol–water partition coefficient (Wildman–Crippen LogP) is 2.11. The summed E-state index contributed by atoms with van der Waals surface area (Å²) in [6.07, 6.45) is 6.07. The van der Waals surface area contributed by atoms with E-state index in [0.29, 0.717) is 24.5 Å². The van der Waals surface area contributed by atoms with Crippen LogP contribution in [0.4, 0.5) is 0 Å². The average molecular weight is 305 g/mol. The van der Waals surface area contributed by atoms with E-state index in [1.165, 1.54) is 6.20 Å². The third-order valence-corrected chi connectivity index (χ3v) is 5.60. The molecule has 1 fully saturated rings. The van der Waals surface area contributed by atoms with Gasteiger partial charge in [-0.05, 0) is 18.4 Å². The molecule has 5 nitrogen and oxygen atoms in total. The number of nitrogens with zero attached hydrogens (tertiary/aromatic N) is 3. The lowest BCUT2D eigenvalue weighted by atomic mass is 10.2. The number of hydrogen-bond acceptors (Lipinski definition) is 3. The summed E-state index contributed by atoms with van der Waals surface area (Å²) < 4.78 is 28.3. The lowest BCUT2D eigenvalue weighted by Gasteiger charge is -2.25. The number of rotatable bonds is 4. The van der Waals surface area contributed by atoms with Crippen LogP contribution in [-0.2, 0) is 16.6 Å². The van der Waals surface area contributed by atoms with Crippen LogP contribution in [0.3, 0.4) is 0 Å². The highest BCUT2D eigenvalue weighted by Gasteiger charge is 2.27. The van der Waals surface area contributed by atoms with Gasteiger partial charge in [0, 0.05) is 19.3 Å². The molecule has 0 radical (unpaired) electrons. The summed E-state index contributed by atoms with van der Waals surface area (Å²) in [6, 6.07) is 9.88. The van der Waals surface area contributed by atoms with Gasteiger partial charge in [-0.2, -0.15) is 9.40 Å². The molecular weight excluding hydrogens is 286 g/mol. The molecule has 0 unspecified atom stereocenters. The second-order valence-corrected chi connectivity index (χ2v) is 7.26. The van der Waals surface area contributed by atoms with Crippen molar-refractivity contribution < 1.29 is 8.42 Å². The minimum Gasteiger partial charge on any atom is -0.267 e. The summed E-state index contributed by atoms with van der Waals surface area (Å²) in [5.74, 6) is 0. The average Bonchev–Trinajstić information content (AvgIpc) is 2.98. The molecule has 1 aromatic heterocycles. The van der Waals surface area contributed by atoms with Crippen molar-refractivity contribution in [3.8, 4) is 0 Å². The molecule has 1 saturated heterocycles. The Kier molecular flexibility index (Phi) is 4.07. The summed E-state index contributed by atoms with van der Waals surface area (Å²) in [5.41, 5.74) is 1.10. The fourth-order valence-corrected chi connectivity index (χ4v) is 4.06. The molecule has 1 aliphatic rings. The Morgan fingerprint density at radius 1 is 1.05 bits per heavy atom. The molecule has 1 aliphatic heterocycles. The van der Waals surface area contributed by atoms with E-state index in [4.69, 9.17) is 0 Å². The van der Waals surface area contributed by atoms with Crippen LogP contribution in [0.5, 0.6) is 0 Å². The number of sulfonamides is 1. The van der Waals surface area contributed by atoms with Crippen molar-refractivity contribution in [3.63, 3.8) is 0 Å². The van der Waals surface area contributed by atoms with Gasteiger partial charge in [-0.15, -0.1) is 0 Å². The highest BCUT2D eigenvalue weighted by Crippen LogP contribution is 2.20. The van der Waals surface area contributed by atoms with Crippen molar-refractivity contribution in [3.05, 3.63) is 48.3 Å². The number of aromatic nitrogens is 2. The quantitative estimate of drug-likeness (QED) is 0.869. The van der Waals surface area contributed by atoms with Gasteiger partial charge in [0.1, 0.15) is 4.90 Å². The maximum absolute atomic E-state index is 12.5. The first-order valence-corrected chi connectivity index (χ1v) is 8.67. The second kappa shape index (κ2) is 5.99. The van der Waals surface area contributed by atoms with Crippen molar-refractivity contribution in [2.24, 2.45) is 0 Å². The van der Waals surface area contributed by atoms with Crippen LogP contribution < -0.4 is 0 Å². The van der Waals surface area contributed by atoms with Crippen LogP contribution in [0.2, 0.25) is 0 Å². The molecule has 0 aliphatic carbocycles. The van der Waals surface area contributed by atoms with Crippen LogP contribution in [-0.4, -0.2) is 35.6 Å². The molecule has 0 N–H and O–H groups in total. The Balaban J connectivity index is 1.78. The van der Waals surface area contributed by atoms with E-state index in [2.05, 4.69) is 5.10 Å². The van der Waals surface area contributed by atoms with Crippen molar-refractivity contribution in [1.29, 1.82) is 0 Å². The normalized spacial score (nSPS) is 17.0. The zero-order chi connectivity index (χ0) is 14.7. The van der Waals surface area contributed by atoms with E-state index in [1.807, 2.05) is 30.3 Å². The molecule has 0 atom stereocenters. The van der Waals surface area contributed by atoms with Crippen LogP contribution in [0.1, 0.15) is 24.8 Å². The largest absolute Gasteiger partial charge is 0.267 e. The van der Waals surface area contributed by atoms with Crippen molar-refractivity contribution in [2.75, 3.05) is 13.1 Å². The lowest BCUT2D eigenvalue weighted by molar-refractivity contribution is 0.346. The van der Waals surface area contributed by atoms with Gasteiger partial charge in [0.05, 0.1) is 12.7 Å². The van der Waals surface area contributed by atoms with Gasteiger partial charge in [-0.3, -0.25) is 4.68 Å². The van der Waals surface area contributed by atoms with Crippen LogP contribution in [0.25, 0.3) is 0 Å². The fraction of sp³-hybridized carbons (Fsp3) is 0.400. The minimum atomic E-state index is -3.38. The molecule has 1 aromatic carbocycles. The first-order valence-electron chi connectivity index (χ1n) is 7.23. The van der Waals surface area contributed by atoms with Crippen LogP contribution in [0, 0.1) is 0 Å². The molecule has 0 spiro atoms. The van der Waals surface area contributed by atoms with Gasteiger partial charge in [-0.1, -0.05) is 36.8 Å². The van der Waals surface area contributed by atoms with Gasteiger partial charge in [-0.25, -0.2) is 8.42 Å². The Labute approximate surface area is 125 Å². The standard InChI is InChI=1S/C15H19N3O2S/c19-21(20,18-9-5-2-6-10-18)15-11-16-17(13-15)12-14-7-3-1-4-8-14/h1,3-4,7-8,11,13H,2,5-6,9-10,12H2. The fourth-order valence-electron chi connectivity index (χ4n) is 2.59. The molecule has 6 heteroatoms. The molecule has 2 aromatic rings. The molecule has 112 valence electrons. The van der Waals surface area contributed by atoms with E-state index in [1.54, 1.807) is 15.2 Å². The monoisotopic (exact) mass is 305 g/mol. The molecule has 3 rings (SSSR count). The molecule has 0 amide bonds. The summed E-state index contributed by atoms with van der Waals surface area (Å²) in [4.78, 5) is 0.292. The Morgan fingerprint density at radius 3 is 2.48 bits per heavy atom. The molecule has 0 bridgehead atoms. The van der Waals surface area contributed by atoms with Crippen molar-refractivity contribution in [2.45, 2.75) is 30.7 Å². The van der Waals surface area contributed by atoms with E-state index >= 15 is 0 Å². The summed E-state index contributed by atoms with van der Waals surface area (Å²) in [5, 5.41) is 4.18. The number of benzene rings is 1. The minimum absolute atomic E-state index is 0.292. The van der Waals surface area contributed by atoms with Gasteiger partial charge in [0.25, 0.3) is 0 Å². The van der Waals surface area contributed by atoms with Gasteiger partial charge in [0.2, 0.25) is 10.0 Å². The van der Waals surface area contributed by atoms with E-state index in [-0.39, 0.29) is 0 Å². The first kappa shape index (κ1) is 14.3. The number of hydrogen-bond donors (Lipinski definition) is 0. The Hall–Kier alpha value is -1.66. The SMILES string of the molecule is O=S(=O)(c1cnn(Cc2ccccc2)c1)N1CCCCC1. The molecular formula is C15H19N3O2S. The summed E-state index contributed by atoms with van der Waals surface area (Å²) >= 11 is 0. The second-order valence-electron chi connectivity index (χ2n) is 5.32. The maximum atomic E-state index is 12.5. The molecule has 2 heterocycles. The van der Waals surface area contributed by atoms with Crippen LogP contribution in [0.15, 0.2) is 47.6 Å². The van der Waals surface area contributed by atoms with Gasteiger partial charge in [0.15, 0.2) is 0 Å². The van der Waals surface area contributed by atoms with Gasteiger partial charge < -0.3 is 0 Å². The lowest BCUT2D eigenvalue weighted by Crippen LogP contribution is -2.35. The zero-order valence-electron chi connectivity index (χ0n) is 11.9. The van der Waals surface area contributed by atoms with E-state index in [0.717, 1.165) is 24.8 Å². The zero-order valence-corrected chi connectivity index (χ0v) is 12.7. The van der Waals surface area contributed by atoms with Crippen molar-refractivity contribution in [1.82, 2.24) is 14.1 Å². The van der Waals surface area contributed by atoms with Crippen molar-refractivity contribution >= 4 is 10.0 Å². The highest BCUT2D eigenvalue weighted by atomic mass is 32.2. The van der Waals surface area contributed by atoms with E-state index < -0.39 is 10.0 Å². The third-order valence-electron chi connectivity index (χ3n) is 3.75. The summed E-state index contributed by atoms with van der Waals surface area (Å²) in [7, 11) is -3.38. The third kappa shape index (κ3) is 3.16. The molecule has 21 heavy (non-hydrogen) atoms. The molecule has 0 saturated carbocycles. The topological polar surface area (TPSA) is 55.2 Å². The first-order chi connectivity index (χ1) is 10.2. The number of piperidine rings is 1.